The number of aryl methyl sites for hydroxylation is 1. The molecule has 4 rings (SSSR count). The van der Waals surface area contributed by atoms with Gasteiger partial charge in [-0.2, -0.15) is 0 Å². The molecule has 2 heterocycles. The second-order valence-electron chi connectivity index (χ2n) is 7.87. The highest BCUT2D eigenvalue weighted by Crippen LogP contribution is 2.33. The standard InChI is InChI=1S/C23H26FN3O3/c1-16-9-10-18(17(24)13-16)25-22(28)15-27-14-21(23(29)26-11-5-2-6-12-26)30-20-8-4-3-7-19(20)27/h3-4,7-10,13,21H,2,5-6,11-12,14-15H2,1H3,(H,25,28). The van der Waals surface area contributed by atoms with Crippen molar-refractivity contribution in [2.24, 2.45) is 0 Å². The van der Waals surface area contributed by atoms with Gasteiger partial charge in [0, 0.05) is 13.1 Å². The summed E-state index contributed by atoms with van der Waals surface area (Å²) < 4.78 is 20.1. The average molecular weight is 411 g/mol. The average Bonchev–Trinajstić information content (AvgIpc) is 2.75. The summed E-state index contributed by atoms with van der Waals surface area (Å²) in [5, 5.41) is 2.63. The van der Waals surface area contributed by atoms with E-state index in [0.717, 1.165) is 43.6 Å². The monoisotopic (exact) mass is 411 g/mol. The van der Waals surface area contributed by atoms with Crippen LogP contribution in [0.1, 0.15) is 24.8 Å². The normalized spacial score (nSPS) is 18.4. The number of piperidine rings is 1. The number of para-hydroxylation sites is 2. The van der Waals surface area contributed by atoms with Crippen LogP contribution in [0.2, 0.25) is 0 Å². The van der Waals surface area contributed by atoms with Gasteiger partial charge in [0.15, 0.2) is 6.10 Å². The number of hydrogen-bond acceptors (Lipinski definition) is 4. The maximum Gasteiger partial charge on any atom is 0.265 e. The van der Waals surface area contributed by atoms with Gasteiger partial charge in [0.1, 0.15) is 11.6 Å². The molecule has 1 unspecified atom stereocenters. The Morgan fingerprint density at radius 1 is 1.13 bits per heavy atom. The van der Waals surface area contributed by atoms with Crippen LogP contribution in [0.15, 0.2) is 42.5 Å². The lowest BCUT2D eigenvalue weighted by Gasteiger charge is -2.38. The molecule has 2 aliphatic heterocycles. The van der Waals surface area contributed by atoms with E-state index >= 15 is 0 Å². The summed E-state index contributed by atoms with van der Waals surface area (Å²) in [6, 6.07) is 12.0. The third-order valence-corrected chi connectivity index (χ3v) is 5.54. The molecule has 1 atom stereocenters. The molecule has 2 amide bonds. The maximum absolute atomic E-state index is 14.1. The van der Waals surface area contributed by atoms with Crippen molar-refractivity contribution >= 4 is 23.2 Å². The molecule has 1 saturated heterocycles. The van der Waals surface area contributed by atoms with Gasteiger partial charge in [-0.15, -0.1) is 0 Å². The summed E-state index contributed by atoms with van der Waals surface area (Å²) in [6.45, 7) is 3.55. The van der Waals surface area contributed by atoms with E-state index in [4.69, 9.17) is 4.74 Å². The second kappa shape index (κ2) is 8.73. The molecule has 6 nitrogen and oxygen atoms in total. The number of rotatable bonds is 4. The third-order valence-electron chi connectivity index (χ3n) is 5.54. The zero-order valence-electron chi connectivity index (χ0n) is 17.1. The van der Waals surface area contributed by atoms with E-state index in [1.165, 1.54) is 6.07 Å². The van der Waals surface area contributed by atoms with Crippen LogP contribution < -0.4 is 15.0 Å². The number of halogens is 1. The Hall–Kier alpha value is -3.09. The Kier molecular flexibility index (Phi) is 5.88. The number of likely N-dealkylation sites (tertiary alicyclic amines) is 1. The van der Waals surface area contributed by atoms with E-state index in [0.29, 0.717) is 5.75 Å². The number of anilines is 2. The highest BCUT2D eigenvalue weighted by Gasteiger charge is 2.34. The molecule has 0 aromatic heterocycles. The fraction of sp³-hybridized carbons (Fsp3) is 0.391. The second-order valence-corrected chi connectivity index (χ2v) is 7.87. The third kappa shape index (κ3) is 4.40. The molecule has 1 fully saturated rings. The number of hydrogen-bond donors (Lipinski definition) is 1. The minimum absolute atomic E-state index is 0.00251. The Labute approximate surface area is 175 Å². The molecule has 7 heteroatoms. The Morgan fingerprint density at radius 2 is 1.90 bits per heavy atom. The van der Waals surface area contributed by atoms with Crippen molar-refractivity contribution in [2.45, 2.75) is 32.3 Å². The summed E-state index contributed by atoms with van der Waals surface area (Å²) in [5.74, 6) is -0.282. The lowest BCUT2D eigenvalue weighted by atomic mass is 10.1. The number of benzene rings is 2. The van der Waals surface area contributed by atoms with E-state index < -0.39 is 11.9 Å². The lowest BCUT2D eigenvalue weighted by Crippen LogP contribution is -2.52. The smallest absolute Gasteiger partial charge is 0.265 e. The van der Waals surface area contributed by atoms with Crippen molar-refractivity contribution < 1.29 is 18.7 Å². The molecule has 2 aromatic rings. The minimum Gasteiger partial charge on any atom is -0.477 e. The van der Waals surface area contributed by atoms with Crippen LogP contribution >= 0.6 is 0 Å². The van der Waals surface area contributed by atoms with E-state index in [-0.39, 0.29) is 30.6 Å². The van der Waals surface area contributed by atoms with Crippen molar-refractivity contribution in [1.29, 1.82) is 0 Å². The fourth-order valence-corrected chi connectivity index (χ4v) is 3.99. The lowest BCUT2D eigenvalue weighted by molar-refractivity contribution is -0.139. The van der Waals surface area contributed by atoms with E-state index in [9.17, 15) is 14.0 Å². The number of ether oxygens (including phenoxy) is 1. The van der Waals surface area contributed by atoms with Crippen LogP contribution in [0, 0.1) is 12.7 Å². The van der Waals surface area contributed by atoms with Gasteiger partial charge in [-0.05, 0) is 56.0 Å². The predicted octanol–water partition coefficient (Wildman–Crippen LogP) is 3.35. The molecule has 0 aliphatic carbocycles. The van der Waals surface area contributed by atoms with E-state index in [1.54, 1.807) is 25.1 Å². The van der Waals surface area contributed by atoms with Gasteiger partial charge in [0.25, 0.3) is 5.91 Å². The van der Waals surface area contributed by atoms with E-state index in [2.05, 4.69) is 5.32 Å². The summed E-state index contributed by atoms with van der Waals surface area (Å²) in [6.07, 6.45) is 2.48. The van der Waals surface area contributed by atoms with Gasteiger partial charge >= 0.3 is 0 Å². The van der Waals surface area contributed by atoms with Crippen molar-refractivity contribution in [3.8, 4) is 5.75 Å². The van der Waals surface area contributed by atoms with Gasteiger partial charge in [-0.3, -0.25) is 9.59 Å². The molecule has 0 bridgehead atoms. The number of nitrogens with zero attached hydrogens (tertiary/aromatic N) is 2. The van der Waals surface area contributed by atoms with Gasteiger partial charge in [-0.1, -0.05) is 18.2 Å². The Bertz CT molecular complexity index is 943. The summed E-state index contributed by atoms with van der Waals surface area (Å²) in [7, 11) is 0. The topological polar surface area (TPSA) is 61.9 Å². The highest BCUT2D eigenvalue weighted by atomic mass is 19.1. The summed E-state index contributed by atoms with van der Waals surface area (Å²) in [4.78, 5) is 29.3. The first-order valence-corrected chi connectivity index (χ1v) is 10.4. The van der Waals surface area contributed by atoms with Crippen LogP contribution in [0.25, 0.3) is 0 Å². The van der Waals surface area contributed by atoms with Crippen molar-refractivity contribution in [1.82, 2.24) is 4.90 Å². The van der Waals surface area contributed by atoms with Gasteiger partial charge < -0.3 is 19.9 Å². The van der Waals surface area contributed by atoms with Crippen LogP contribution in [-0.2, 0) is 9.59 Å². The fourth-order valence-electron chi connectivity index (χ4n) is 3.99. The van der Waals surface area contributed by atoms with Crippen LogP contribution in [0.5, 0.6) is 5.75 Å². The van der Waals surface area contributed by atoms with Gasteiger partial charge in [-0.25, -0.2) is 4.39 Å². The van der Waals surface area contributed by atoms with Crippen molar-refractivity contribution in [2.75, 3.05) is 36.4 Å². The van der Waals surface area contributed by atoms with E-state index in [1.807, 2.05) is 28.0 Å². The zero-order chi connectivity index (χ0) is 21.1. The first-order chi connectivity index (χ1) is 14.5. The van der Waals surface area contributed by atoms with Crippen molar-refractivity contribution in [3.63, 3.8) is 0 Å². The molecular formula is C23H26FN3O3. The largest absolute Gasteiger partial charge is 0.477 e. The summed E-state index contributed by atoms with van der Waals surface area (Å²) >= 11 is 0. The minimum atomic E-state index is -0.665. The first-order valence-electron chi connectivity index (χ1n) is 10.4. The highest BCUT2D eigenvalue weighted by molar-refractivity contribution is 5.95. The Balaban J connectivity index is 1.49. The molecule has 0 spiro atoms. The van der Waals surface area contributed by atoms with Crippen LogP contribution in [-0.4, -0.2) is 49.0 Å². The molecule has 2 aromatic carbocycles. The maximum atomic E-state index is 14.1. The van der Waals surface area contributed by atoms with Gasteiger partial charge in [0.2, 0.25) is 5.91 Å². The van der Waals surface area contributed by atoms with Crippen LogP contribution in [0.3, 0.4) is 0 Å². The molecule has 30 heavy (non-hydrogen) atoms. The number of carbonyl (C=O) groups excluding carboxylic acids is 2. The van der Waals surface area contributed by atoms with Gasteiger partial charge in [0.05, 0.1) is 24.5 Å². The molecular weight excluding hydrogens is 385 g/mol. The van der Waals surface area contributed by atoms with Crippen LogP contribution in [0.4, 0.5) is 15.8 Å². The number of carbonyl (C=O) groups is 2. The Morgan fingerprint density at radius 3 is 2.67 bits per heavy atom. The predicted molar refractivity (Wildman–Crippen MR) is 113 cm³/mol. The number of fused-ring (bicyclic) bond motifs is 1. The zero-order valence-corrected chi connectivity index (χ0v) is 17.1. The molecule has 1 N–H and O–H groups in total. The molecule has 0 saturated carbocycles. The quantitative estimate of drug-likeness (QED) is 0.838. The first kappa shape index (κ1) is 20.2. The SMILES string of the molecule is Cc1ccc(NC(=O)CN2CC(C(=O)N3CCCCC3)Oc3ccccc32)c(F)c1. The molecule has 2 aliphatic rings. The van der Waals surface area contributed by atoms with Crippen molar-refractivity contribution in [3.05, 3.63) is 53.8 Å². The molecule has 0 radical (unpaired) electrons. The number of amides is 2. The summed E-state index contributed by atoms with van der Waals surface area (Å²) in [5.41, 5.74) is 1.68. The number of nitrogens with one attached hydrogen (secondary N) is 1. The molecule has 158 valence electrons.